The van der Waals surface area contributed by atoms with Gasteiger partial charge in [0.1, 0.15) is 6.54 Å². The molecule has 4 rings (SSSR count). The smallest absolute Gasteiger partial charge is 0.265 e. The second kappa shape index (κ2) is 6.31. The molecule has 0 fully saturated rings. The van der Waals surface area contributed by atoms with Gasteiger partial charge in [-0.15, -0.1) is 0 Å². The van der Waals surface area contributed by atoms with Gasteiger partial charge in [-0.05, 0) is 24.3 Å². The van der Waals surface area contributed by atoms with Gasteiger partial charge in [0.25, 0.3) is 10.0 Å². The highest BCUT2D eigenvalue weighted by molar-refractivity contribution is 7.93. The number of hydrogen-bond donors (Lipinski definition) is 1. The van der Waals surface area contributed by atoms with Crippen LogP contribution in [0.3, 0.4) is 0 Å². The summed E-state index contributed by atoms with van der Waals surface area (Å²) in [6, 6.07) is 23.0. The summed E-state index contributed by atoms with van der Waals surface area (Å²) in [5.74, 6) is -0.394. The van der Waals surface area contributed by atoms with E-state index in [1.54, 1.807) is 54.6 Å². The molecule has 0 spiro atoms. The van der Waals surface area contributed by atoms with Crippen LogP contribution in [0.25, 0.3) is 11.1 Å². The van der Waals surface area contributed by atoms with E-state index in [4.69, 9.17) is 0 Å². The van der Waals surface area contributed by atoms with E-state index in [2.05, 4.69) is 5.32 Å². The standard InChI is InChI=1S/C20H16N2O3S/c23-20(21-15-8-2-1-3-9-15)14-22-18-12-6-4-10-16(18)17-11-5-7-13-19(17)26(22,24)25/h1-13H,14H2,(H,21,23). The Hall–Kier alpha value is -3.12. The van der Waals surface area contributed by atoms with E-state index < -0.39 is 15.9 Å². The first-order valence-electron chi connectivity index (χ1n) is 8.13. The molecular weight excluding hydrogens is 348 g/mol. The first-order valence-corrected chi connectivity index (χ1v) is 9.57. The van der Waals surface area contributed by atoms with Crippen LogP contribution in [-0.2, 0) is 14.8 Å². The Labute approximate surface area is 152 Å². The molecule has 0 saturated heterocycles. The van der Waals surface area contributed by atoms with E-state index in [-0.39, 0.29) is 11.4 Å². The minimum Gasteiger partial charge on any atom is -0.325 e. The molecule has 0 aromatic heterocycles. The topological polar surface area (TPSA) is 66.5 Å². The van der Waals surface area contributed by atoms with Gasteiger partial charge in [-0.25, -0.2) is 8.42 Å². The fourth-order valence-corrected chi connectivity index (χ4v) is 4.75. The summed E-state index contributed by atoms with van der Waals surface area (Å²) in [6.07, 6.45) is 0. The number of carbonyl (C=O) groups excluding carboxylic acids is 1. The van der Waals surface area contributed by atoms with Gasteiger partial charge in [0.15, 0.2) is 0 Å². The summed E-state index contributed by atoms with van der Waals surface area (Å²) in [6.45, 7) is -0.289. The Morgan fingerprint density at radius 1 is 0.808 bits per heavy atom. The van der Waals surface area contributed by atoms with E-state index in [9.17, 15) is 13.2 Å². The summed E-state index contributed by atoms with van der Waals surface area (Å²) >= 11 is 0. The zero-order valence-corrected chi connectivity index (χ0v) is 14.6. The van der Waals surface area contributed by atoms with Gasteiger partial charge >= 0.3 is 0 Å². The first-order chi connectivity index (χ1) is 12.6. The molecular formula is C20H16N2O3S. The zero-order chi connectivity index (χ0) is 18.1. The van der Waals surface area contributed by atoms with Crippen molar-refractivity contribution >= 4 is 27.3 Å². The molecule has 3 aromatic carbocycles. The predicted molar refractivity (Wildman–Crippen MR) is 101 cm³/mol. The van der Waals surface area contributed by atoms with Gasteiger partial charge < -0.3 is 5.32 Å². The molecule has 26 heavy (non-hydrogen) atoms. The van der Waals surface area contributed by atoms with Crippen molar-refractivity contribution in [2.45, 2.75) is 4.90 Å². The number of anilines is 2. The average molecular weight is 364 g/mol. The highest BCUT2D eigenvalue weighted by Crippen LogP contribution is 2.42. The second-order valence-corrected chi connectivity index (χ2v) is 7.77. The van der Waals surface area contributed by atoms with Crippen LogP contribution in [0.1, 0.15) is 0 Å². The largest absolute Gasteiger partial charge is 0.325 e. The third kappa shape index (κ3) is 2.74. The zero-order valence-electron chi connectivity index (χ0n) is 13.8. The molecule has 1 aliphatic heterocycles. The van der Waals surface area contributed by atoms with Crippen molar-refractivity contribution in [2.24, 2.45) is 0 Å². The van der Waals surface area contributed by atoms with Gasteiger partial charge in [0.2, 0.25) is 5.91 Å². The highest BCUT2D eigenvalue weighted by atomic mass is 32.2. The van der Waals surface area contributed by atoms with Crippen LogP contribution in [0.4, 0.5) is 11.4 Å². The summed E-state index contributed by atoms with van der Waals surface area (Å²) < 4.78 is 27.4. The Bertz CT molecular complexity index is 1080. The number of benzene rings is 3. The number of nitrogens with one attached hydrogen (secondary N) is 1. The number of para-hydroxylation sites is 2. The SMILES string of the molecule is O=C(CN1c2ccccc2-c2ccccc2S1(=O)=O)Nc1ccccc1. The van der Waals surface area contributed by atoms with Crippen LogP contribution in [0.15, 0.2) is 83.8 Å². The minimum absolute atomic E-state index is 0.214. The number of nitrogens with zero attached hydrogens (tertiary/aromatic N) is 1. The first kappa shape index (κ1) is 16.4. The van der Waals surface area contributed by atoms with Crippen LogP contribution >= 0.6 is 0 Å². The van der Waals surface area contributed by atoms with E-state index in [1.165, 1.54) is 4.31 Å². The van der Waals surface area contributed by atoms with Crippen LogP contribution in [-0.4, -0.2) is 20.9 Å². The number of rotatable bonds is 3. The van der Waals surface area contributed by atoms with E-state index in [1.807, 2.05) is 24.3 Å². The Balaban J connectivity index is 1.73. The summed E-state index contributed by atoms with van der Waals surface area (Å²) in [4.78, 5) is 12.7. The Morgan fingerprint density at radius 2 is 1.42 bits per heavy atom. The van der Waals surface area contributed by atoms with Crippen molar-refractivity contribution < 1.29 is 13.2 Å². The minimum atomic E-state index is -3.81. The molecule has 130 valence electrons. The molecule has 3 aromatic rings. The number of sulfonamides is 1. The van der Waals surface area contributed by atoms with Crippen molar-refractivity contribution in [3.8, 4) is 11.1 Å². The van der Waals surface area contributed by atoms with Gasteiger partial charge in [-0.3, -0.25) is 9.10 Å². The molecule has 0 aliphatic carbocycles. The van der Waals surface area contributed by atoms with Crippen molar-refractivity contribution in [1.82, 2.24) is 0 Å². The normalized spacial score (nSPS) is 14.2. The van der Waals surface area contributed by atoms with Crippen LogP contribution in [0.5, 0.6) is 0 Å². The maximum atomic E-state index is 13.1. The maximum absolute atomic E-state index is 13.1. The van der Waals surface area contributed by atoms with Crippen molar-refractivity contribution in [2.75, 3.05) is 16.2 Å². The molecule has 1 heterocycles. The van der Waals surface area contributed by atoms with Crippen LogP contribution in [0, 0.1) is 0 Å². The average Bonchev–Trinajstić information content (AvgIpc) is 2.66. The molecule has 5 nitrogen and oxygen atoms in total. The van der Waals surface area contributed by atoms with Crippen molar-refractivity contribution in [3.05, 3.63) is 78.9 Å². The molecule has 0 bridgehead atoms. The summed E-state index contributed by atoms with van der Waals surface area (Å²) in [7, 11) is -3.81. The molecule has 6 heteroatoms. The fourth-order valence-electron chi connectivity index (χ4n) is 3.10. The van der Waals surface area contributed by atoms with E-state index in [0.717, 1.165) is 5.56 Å². The lowest BCUT2D eigenvalue weighted by Gasteiger charge is -2.31. The number of fused-ring (bicyclic) bond motifs is 3. The third-order valence-electron chi connectivity index (χ3n) is 4.26. The molecule has 1 amide bonds. The quantitative estimate of drug-likeness (QED) is 0.773. The van der Waals surface area contributed by atoms with E-state index >= 15 is 0 Å². The number of hydrogen-bond acceptors (Lipinski definition) is 3. The molecule has 0 saturated carbocycles. The molecule has 0 atom stereocenters. The second-order valence-electron chi connectivity index (χ2n) is 5.94. The lowest BCUT2D eigenvalue weighted by Crippen LogP contribution is -2.40. The predicted octanol–water partition coefficient (Wildman–Crippen LogP) is 3.50. The Kier molecular flexibility index (Phi) is 3.97. The van der Waals surface area contributed by atoms with E-state index in [0.29, 0.717) is 16.9 Å². The number of amides is 1. The fraction of sp³-hybridized carbons (Fsp3) is 0.0500. The van der Waals surface area contributed by atoms with Crippen LogP contribution in [0.2, 0.25) is 0 Å². The summed E-state index contributed by atoms with van der Waals surface area (Å²) in [5.41, 5.74) is 2.59. The van der Waals surface area contributed by atoms with Crippen molar-refractivity contribution in [1.29, 1.82) is 0 Å². The van der Waals surface area contributed by atoms with Crippen LogP contribution < -0.4 is 9.62 Å². The molecule has 1 N–H and O–H groups in total. The summed E-state index contributed by atoms with van der Waals surface area (Å²) in [5, 5.41) is 2.74. The highest BCUT2D eigenvalue weighted by Gasteiger charge is 2.35. The Morgan fingerprint density at radius 3 is 2.19 bits per heavy atom. The number of carbonyl (C=O) groups is 1. The van der Waals surface area contributed by atoms with Gasteiger partial charge in [0, 0.05) is 16.8 Å². The molecule has 0 unspecified atom stereocenters. The van der Waals surface area contributed by atoms with Crippen molar-refractivity contribution in [3.63, 3.8) is 0 Å². The molecule has 0 radical (unpaired) electrons. The lowest BCUT2D eigenvalue weighted by molar-refractivity contribution is -0.114. The van der Waals surface area contributed by atoms with Gasteiger partial charge in [0.05, 0.1) is 10.6 Å². The third-order valence-corrected chi connectivity index (χ3v) is 6.08. The maximum Gasteiger partial charge on any atom is 0.265 e. The lowest BCUT2D eigenvalue weighted by atomic mass is 10.0. The molecule has 1 aliphatic rings. The van der Waals surface area contributed by atoms with Gasteiger partial charge in [-0.1, -0.05) is 54.6 Å². The van der Waals surface area contributed by atoms with Gasteiger partial charge in [-0.2, -0.15) is 0 Å². The monoisotopic (exact) mass is 364 g/mol.